The summed E-state index contributed by atoms with van der Waals surface area (Å²) in [6, 6.07) is -0.361. The topological polar surface area (TPSA) is 120 Å². The van der Waals surface area contributed by atoms with E-state index in [0.717, 1.165) is 14.7 Å². The first-order chi connectivity index (χ1) is 16.7. The highest BCUT2D eigenvalue weighted by Gasteiger charge is 2.60. The van der Waals surface area contributed by atoms with Crippen molar-refractivity contribution >= 4 is 51.5 Å². The predicted octanol–water partition coefficient (Wildman–Crippen LogP) is 3.53. The highest BCUT2D eigenvalue weighted by atomic mass is 32.2. The van der Waals surface area contributed by atoms with Gasteiger partial charge in [-0.2, -0.15) is 0 Å². The Morgan fingerprint density at radius 2 is 2.00 bits per heavy atom. The summed E-state index contributed by atoms with van der Waals surface area (Å²) in [5, 5.41) is 11.1. The number of ether oxygens (including phenoxy) is 3. The van der Waals surface area contributed by atoms with Gasteiger partial charge in [-0.15, -0.1) is 23.1 Å². The number of aliphatic hydroxyl groups excluding tert-OH is 1. The number of thioether (sulfide) groups is 1. The molecule has 0 aromatic carbocycles. The average molecular weight is 524 g/mol. The van der Waals surface area contributed by atoms with Gasteiger partial charge in [0.05, 0.1) is 22.9 Å². The minimum Gasteiger partial charge on any atom is -0.431 e. The molecule has 2 aromatic rings. The normalized spacial score (nSPS) is 22.4. The molecule has 0 radical (unpaired) electrons. The van der Waals surface area contributed by atoms with Gasteiger partial charge in [0, 0.05) is 17.7 Å². The molecular weight excluding hydrogens is 494 g/mol. The number of rotatable bonds is 9. The van der Waals surface area contributed by atoms with E-state index in [1.165, 1.54) is 28.0 Å². The van der Waals surface area contributed by atoms with Crippen molar-refractivity contribution in [3.63, 3.8) is 0 Å². The van der Waals surface area contributed by atoms with Gasteiger partial charge in [-0.05, 0) is 26.0 Å². The third-order valence-electron chi connectivity index (χ3n) is 6.54. The van der Waals surface area contributed by atoms with Gasteiger partial charge in [0.15, 0.2) is 0 Å². The van der Waals surface area contributed by atoms with Crippen molar-refractivity contribution in [3.05, 3.63) is 23.1 Å². The molecule has 1 amide bonds. The molecule has 0 unspecified atom stereocenters. The second-order valence-electron chi connectivity index (χ2n) is 8.58. The number of β-lactam (4-membered cyclic amide) rings is 1. The number of hydrogen-bond donors (Lipinski definition) is 1. The molecule has 2 aliphatic heterocycles. The molecule has 1 fully saturated rings. The summed E-state index contributed by atoms with van der Waals surface area (Å²) in [6.07, 6.45) is 4.77. The number of esters is 1. The fourth-order valence-corrected chi connectivity index (χ4v) is 6.67. The molecule has 35 heavy (non-hydrogen) atoms. The average Bonchev–Trinajstić information content (AvgIpc) is 3.46. The van der Waals surface area contributed by atoms with Crippen LogP contribution < -0.4 is 0 Å². The van der Waals surface area contributed by atoms with Crippen molar-refractivity contribution in [2.24, 2.45) is 11.8 Å². The number of aliphatic hydroxyl groups is 1. The molecule has 0 aliphatic carbocycles. The monoisotopic (exact) mass is 523 g/mol. The zero-order chi connectivity index (χ0) is 25.4. The van der Waals surface area contributed by atoms with Crippen LogP contribution in [0.25, 0.3) is 10.4 Å². The number of carbonyl (C=O) groups excluding carboxylic acids is 3. The Kier molecular flexibility index (Phi) is 7.43. The van der Waals surface area contributed by atoms with E-state index in [0.29, 0.717) is 18.4 Å². The van der Waals surface area contributed by atoms with Crippen LogP contribution in [0.5, 0.6) is 0 Å². The van der Waals surface area contributed by atoms with Crippen molar-refractivity contribution in [3.8, 4) is 0 Å². The lowest BCUT2D eigenvalue weighted by Crippen LogP contribution is -2.63. The molecule has 0 saturated carbocycles. The van der Waals surface area contributed by atoms with Gasteiger partial charge in [-0.1, -0.05) is 20.8 Å². The Morgan fingerprint density at radius 1 is 1.29 bits per heavy atom. The predicted molar refractivity (Wildman–Crippen MR) is 130 cm³/mol. The highest BCUT2D eigenvalue weighted by molar-refractivity contribution is 7.98. The van der Waals surface area contributed by atoms with Gasteiger partial charge in [0.2, 0.25) is 12.7 Å². The van der Waals surface area contributed by atoms with Crippen LogP contribution in [0.1, 0.15) is 45.4 Å². The van der Waals surface area contributed by atoms with Gasteiger partial charge in [0.1, 0.15) is 28.0 Å². The van der Waals surface area contributed by atoms with E-state index >= 15 is 0 Å². The molecule has 2 aliphatic rings. The molecule has 4 rings (SSSR count). The largest absolute Gasteiger partial charge is 0.511 e. The molecule has 0 bridgehead atoms. The number of imidazole rings is 1. The van der Waals surface area contributed by atoms with Gasteiger partial charge in [0.25, 0.3) is 0 Å². The molecule has 4 atom stereocenters. The molecule has 4 heterocycles. The number of hydrogen-bond acceptors (Lipinski definition) is 10. The van der Waals surface area contributed by atoms with Gasteiger partial charge in [-0.3, -0.25) is 9.20 Å². The summed E-state index contributed by atoms with van der Waals surface area (Å²) in [5.74, 6) is -1.93. The first-order valence-corrected chi connectivity index (χ1v) is 13.5. The maximum atomic E-state index is 13.2. The second kappa shape index (κ2) is 10.2. The minimum atomic E-state index is -0.918. The molecular formula is C23H29N3O7S2. The smallest absolute Gasteiger partial charge is 0.431 e. The van der Waals surface area contributed by atoms with Crippen LogP contribution in [-0.4, -0.2) is 68.7 Å². The van der Waals surface area contributed by atoms with E-state index in [1.54, 1.807) is 13.3 Å². The molecule has 1 N–H and O–H groups in total. The zero-order valence-electron chi connectivity index (χ0n) is 20.2. The Balaban J connectivity index is 1.60. The molecule has 1 saturated heterocycles. The molecule has 12 heteroatoms. The summed E-state index contributed by atoms with van der Waals surface area (Å²) >= 11 is 2.99. The second-order valence-corrected chi connectivity index (χ2v) is 10.4. The minimum absolute atomic E-state index is 0.115. The Morgan fingerprint density at radius 3 is 2.63 bits per heavy atom. The molecule has 2 aromatic heterocycles. The summed E-state index contributed by atoms with van der Waals surface area (Å²) in [6.45, 7) is 6.65. The van der Waals surface area contributed by atoms with E-state index in [1.807, 2.05) is 37.6 Å². The maximum absolute atomic E-state index is 13.2. The van der Waals surface area contributed by atoms with Crippen LogP contribution in [0, 0.1) is 11.8 Å². The fraction of sp³-hybridized carbons (Fsp3) is 0.565. The maximum Gasteiger partial charge on any atom is 0.511 e. The third kappa shape index (κ3) is 4.43. The highest BCUT2D eigenvalue weighted by Crippen LogP contribution is 2.52. The van der Waals surface area contributed by atoms with Gasteiger partial charge >= 0.3 is 12.1 Å². The van der Waals surface area contributed by atoms with Crippen LogP contribution in [0.2, 0.25) is 0 Å². The SMILES string of the molecule is CCC(CC)OC(=O)OCOC(=O)C1=C(c2cn3cnc(SC)c3s2)[C@H](C)[C@@H]2[C@@H]([C@@H](C)O)C(=O)N12. The van der Waals surface area contributed by atoms with Crippen LogP contribution in [-0.2, 0) is 23.8 Å². The molecule has 0 spiro atoms. The Hall–Kier alpha value is -2.57. The molecule has 10 nitrogen and oxygen atoms in total. The van der Waals surface area contributed by atoms with Crippen LogP contribution in [0.15, 0.2) is 23.2 Å². The standard InChI is InChI=1S/C23H29N3O7S2/c1-6-13(7-2)33-23(30)32-10-31-22(29)18-15(11(3)17-16(12(4)27)20(28)26(17)18)14-8-25-9-24-19(34-5)21(25)35-14/h8-9,11-13,16-17,27H,6-7,10H2,1-5H3/t11-,12+,16+,17+/m0/s1. The number of thiazole rings is 1. The number of nitrogens with zero attached hydrogens (tertiary/aromatic N) is 3. The van der Waals surface area contributed by atoms with Crippen molar-refractivity contribution in [1.82, 2.24) is 14.3 Å². The van der Waals surface area contributed by atoms with Crippen LogP contribution in [0.3, 0.4) is 0 Å². The van der Waals surface area contributed by atoms with Gasteiger partial charge in [-0.25, -0.2) is 14.6 Å². The summed E-state index contributed by atoms with van der Waals surface area (Å²) < 4.78 is 17.2. The Bertz CT molecular complexity index is 1170. The van der Waals surface area contributed by atoms with Crippen molar-refractivity contribution in [1.29, 1.82) is 0 Å². The van der Waals surface area contributed by atoms with Crippen molar-refractivity contribution < 1.29 is 33.7 Å². The fourth-order valence-electron chi connectivity index (χ4n) is 4.75. The lowest BCUT2D eigenvalue weighted by molar-refractivity contribution is -0.166. The number of aromatic nitrogens is 2. The van der Waals surface area contributed by atoms with E-state index < -0.39 is 30.9 Å². The van der Waals surface area contributed by atoms with Crippen molar-refractivity contribution in [2.45, 2.75) is 63.8 Å². The first kappa shape index (κ1) is 25.5. The lowest BCUT2D eigenvalue weighted by atomic mass is 9.77. The number of carbonyl (C=O) groups is 3. The summed E-state index contributed by atoms with van der Waals surface area (Å²) in [7, 11) is 0. The zero-order valence-corrected chi connectivity index (χ0v) is 21.9. The van der Waals surface area contributed by atoms with Gasteiger partial charge < -0.3 is 24.2 Å². The van der Waals surface area contributed by atoms with E-state index in [4.69, 9.17) is 14.2 Å². The number of amides is 1. The van der Waals surface area contributed by atoms with E-state index in [9.17, 15) is 19.5 Å². The Labute approximate surface area is 211 Å². The van der Waals surface area contributed by atoms with E-state index in [-0.39, 0.29) is 29.7 Å². The lowest BCUT2D eigenvalue weighted by Gasteiger charge is -2.46. The quantitative estimate of drug-likeness (QED) is 0.228. The third-order valence-corrected chi connectivity index (χ3v) is 8.50. The van der Waals surface area contributed by atoms with Crippen LogP contribution in [0.4, 0.5) is 4.79 Å². The number of fused-ring (bicyclic) bond motifs is 2. The summed E-state index contributed by atoms with van der Waals surface area (Å²) in [4.78, 5) is 45.5. The first-order valence-electron chi connectivity index (χ1n) is 11.5. The van der Waals surface area contributed by atoms with Crippen molar-refractivity contribution in [2.75, 3.05) is 13.0 Å². The van der Waals surface area contributed by atoms with E-state index in [2.05, 4.69) is 4.98 Å². The van der Waals surface area contributed by atoms with Crippen LogP contribution >= 0.6 is 23.1 Å². The summed E-state index contributed by atoms with van der Waals surface area (Å²) in [5.41, 5.74) is 0.779. The molecule has 190 valence electrons.